The number of aliphatic hydroxyl groups is 1. The van der Waals surface area contributed by atoms with Crippen molar-refractivity contribution < 1.29 is 5.11 Å². The average molecular weight is 114 g/mol. The summed E-state index contributed by atoms with van der Waals surface area (Å²) in [6.07, 6.45) is 2.25. The Morgan fingerprint density at radius 2 is 2.12 bits per heavy atom. The van der Waals surface area contributed by atoms with Crippen LogP contribution >= 0.6 is 0 Å². The number of rotatable bonds is 3. The lowest BCUT2D eigenvalue weighted by molar-refractivity contribution is 0.128. The Hall–Kier alpha value is -0.300. The van der Waals surface area contributed by atoms with E-state index in [0.717, 1.165) is 0 Å². The molecule has 0 amide bonds. The first kappa shape index (κ1) is 7.70. The molecule has 0 rings (SSSR count). The van der Waals surface area contributed by atoms with Crippen LogP contribution < -0.4 is 0 Å². The maximum Gasteiger partial charge on any atom is 0.0597 e. The topological polar surface area (TPSA) is 20.2 Å². The quantitative estimate of drug-likeness (QED) is 0.552. The van der Waals surface area contributed by atoms with Crippen molar-refractivity contribution in [2.24, 2.45) is 5.92 Å². The maximum atomic E-state index is 9.06. The van der Waals surface area contributed by atoms with Crippen LogP contribution in [0.4, 0.5) is 0 Å². The molecule has 0 aromatic rings. The van der Waals surface area contributed by atoms with Gasteiger partial charge in [-0.05, 0) is 12.3 Å². The number of hydrogen-bond acceptors (Lipinski definition) is 1. The van der Waals surface area contributed by atoms with Crippen LogP contribution in [0, 0.1) is 5.92 Å². The van der Waals surface area contributed by atoms with E-state index < -0.39 is 0 Å². The third kappa shape index (κ3) is 2.80. The van der Waals surface area contributed by atoms with Crippen molar-refractivity contribution in [1.29, 1.82) is 0 Å². The molecular formula is C7H14O. The van der Waals surface area contributed by atoms with Crippen molar-refractivity contribution in [3.8, 4) is 0 Å². The minimum atomic E-state index is -0.201. The average Bonchev–Trinajstić information content (AvgIpc) is 1.67. The third-order valence-electron chi connectivity index (χ3n) is 1.18. The van der Waals surface area contributed by atoms with E-state index in [1.54, 1.807) is 6.08 Å². The van der Waals surface area contributed by atoms with Gasteiger partial charge in [-0.25, -0.2) is 0 Å². The van der Waals surface area contributed by atoms with Gasteiger partial charge in [0.1, 0.15) is 0 Å². The second-order valence-electron chi connectivity index (χ2n) is 2.34. The van der Waals surface area contributed by atoms with Gasteiger partial charge in [-0.2, -0.15) is 0 Å². The highest BCUT2D eigenvalue weighted by Crippen LogP contribution is 2.04. The second-order valence-corrected chi connectivity index (χ2v) is 2.34. The zero-order valence-corrected chi connectivity index (χ0v) is 5.59. The largest absolute Gasteiger partial charge is 0.393 e. The van der Waals surface area contributed by atoms with Crippen LogP contribution in [0.3, 0.4) is 0 Å². The molecular weight excluding hydrogens is 100 g/mol. The van der Waals surface area contributed by atoms with Crippen LogP contribution in [0.25, 0.3) is 0 Å². The summed E-state index contributed by atoms with van der Waals surface area (Å²) in [6.45, 7) is 7.51. The number of hydrogen-bond donors (Lipinski definition) is 1. The Bertz CT molecular complexity index is 66.8. The molecule has 0 aromatic heterocycles. The van der Waals surface area contributed by atoms with Crippen LogP contribution in [0.2, 0.25) is 0 Å². The molecule has 1 heteroatoms. The molecule has 0 saturated heterocycles. The molecule has 0 aromatic carbocycles. The van der Waals surface area contributed by atoms with Crippen molar-refractivity contribution in [3.63, 3.8) is 0 Å². The first-order valence-corrected chi connectivity index (χ1v) is 2.97. The number of aliphatic hydroxyl groups excluding tert-OH is 1. The minimum Gasteiger partial charge on any atom is -0.393 e. The van der Waals surface area contributed by atoms with E-state index in [4.69, 9.17) is 5.11 Å². The first-order chi connectivity index (χ1) is 3.68. The highest BCUT2D eigenvalue weighted by Gasteiger charge is 2.04. The predicted molar refractivity (Wildman–Crippen MR) is 35.7 cm³/mol. The Balaban J connectivity index is 3.30. The van der Waals surface area contributed by atoms with E-state index in [9.17, 15) is 0 Å². The Labute approximate surface area is 51.0 Å². The Morgan fingerprint density at radius 1 is 1.62 bits per heavy atom. The van der Waals surface area contributed by atoms with Crippen LogP contribution in [0.5, 0.6) is 0 Å². The highest BCUT2D eigenvalue weighted by atomic mass is 16.3. The molecule has 0 aliphatic rings. The summed E-state index contributed by atoms with van der Waals surface area (Å²) >= 11 is 0. The Kier molecular flexibility index (Phi) is 3.53. The molecule has 0 bridgehead atoms. The fraction of sp³-hybridized carbons (Fsp3) is 0.714. The normalized spacial score (nSPS) is 14.0. The van der Waals surface area contributed by atoms with Crippen molar-refractivity contribution in [1.82, 2.24) is 0 Å². The van der Waals surface area contributed by atoms with Crippen LogP contribution in [-0.4, -0.2) is 11.2 Å². The van der Waals surface area contributed by atoms with Gasteiger partial charge in [0, 0.05) is 0 Å². The molecule has 0 aliphatic carbocycles. The van der Waals surface area contributed by atoms with E-state index in [1.165, 1.54) is 0 Å². The predicted octanol–water partition coefficient (Wildman–Crippen LogP) is 1.58. The fourth-order valence-corrected chi connectivity index (χ4v) is 0.443. The molecule has 48 valence electrons. The van der Waals surface area contributed by atoms with E-state index in [-0.39, 0.29) is 6.10 Å². The minimum absolute atomic E-state index is 0.201. The van der Waals surface area contributed by atoms with Crippen molar-refractivity contribution >= 4 is 0 Å². The summed E-state index contributed by atoms with van der Waals surface area (Å²) in [7, 11) is 0. The second kappa shape index (κ2) is 3.67. The zero-order chi connectivity index (χ0) is 6.57. The molecule has 0 radical (unpaired) electrons. The first-order valence-electron chi connectivity index (χ1n) is 2.97. The van der Waals surface area contributed by atoms with E-state index in [2.05, 4.69) is 6.58 Å². The van der Waals surface area contributed by atoms with E-state index >= 15 is 0 Å². The van der Waals surface area contributed by atoms with E-state index in [0.29, 0.717) is 12.3 Å². The molecule has 0 spiro atoms. The third-order valence-corrected chi connectivity index (χ3v) is 1.18. The van der Waals surface area contributed by atoms with Gasteiger partial charge >= 0.3 is 0 Å². The van der Waals surface area contributed by atoms with Gasteiger partial charge in [-0.1, -0.05) is 19.9 Å². The van der Waals surface area contributed by atoms with Gasteiger partial charge in [-0.15, -0.1) is 6.58 Å². The van der Waals surface area contributed by atoms with Gasteiger partial charge in [0.2, 0.25) is 0 Å². The molecule has 1 atom stereocenters. The van der Waals surface area contributed by atoms with Gasteiger partial charge in [0.25, 0.3) is 0 Å². The smallest absolute Gasteiger partial charge is 0.0597 e. The zero-order valence-electron chi connectivity index (χ0n) is 5.59. The molecule has 0 aliphatic heterocycles. The van der Waals surface area contributed by atoms with Crippen molar-refractivity contribution in [3.05, 3.63) is 12.7 Å². The van der Waals surface area contributed by atoms with Crippen LogP contribution in [0.1, 0.15) is 20.3 Å². The maximum absolute atomic E-state index is 9.06. The van der Waals surface area contributed by atoms with Crippen molar-refractivity contribution in [2.45, 2.75) is 26.4 Å². The van der Waals surface area contributed by atoms with Gasteiger partial charge < -0.3 is 5.11 Å². The lowest BCUT2D eigenvalue weighted by atomic mass is 10.1. The molecule has 0 heterocycles. The molecule has 1 N–H and O–H groups in total. The SMILES string of the molecule is C=CCC(O)C(C)C. The summed E-state index contributed by atoms with van der Waals surface area (Å²) in [5.74, 6) is 0.355. The van der Waals surface area contributed by atoms with Crippen LogP contribution in [0.15, 0.2) is 12.7 Å². The summed E-state index contributed by atoms with van der Waals surface area (Å²) in [6, 6.07) is 0. The monoisotopic (exact) mass is 114 g/mol. The molecule has 8 heavy (non-hydrogen) atoms. The molecule has 1 unspecified atom stereocenters. The Morgan fingerprint density at radius 3 is 2.25 bits per heavy atom. The van der Waals surface area contributed by atoms with Gasteiger partial charge in [-0.3, -0.25) is 0 Å². The van der Waals surface area contributed by atoms with Crippen LogP contribution in [-0.2, 0) is 0 Å². The lowest BCUT2D eigenvalue weighted by Crippen LogP contribution is -2.12. The summed E-state index contributed by atoms with van der Waals surface area (Å²) in [4.78, 5) is 0. The van der Waals surface area contributed by atoms with E-state index in [1.807, 2.05) is 13.8 Å². The molecule has 1 nitrogen and oxygen atoms in total. The summed E-state index contributed by atoms with van der Waals surface area (Å²) in [5, 5.41) is 9.06. The summed E-state index contributed by atoms with van der Waals surface area (Å²) in [5.41, 5.74) is 0. The highest BCUT2D eigenvalue weighted by molar-refractivity contribution is 4.73. The van der Waals surface area contributed by atoms with Gasteiger partial charge in [0.05, 0.1) is 6.10 Å². The molecule has 0 fully saturated rings. The lowest BCUT2D eigenvalue weighted by Gasteiger charge is -2.10. The standard InChI is InChI=1S/C7H14O/c1-4-5-7(8)6(2)3/h4,6-8H,1,5H2,2-3H3. The van der Waals surface area contributed by atoms with Gasteiger partial charge in [0.15, 0.2) is 0 Å². The molecule has 0 saturated carbocycles. The summed E-state index contributed by atoms with van der Waals surface area (Å²) < 4.78 is 0. The van der Waals surface area contributed by atoms with Crippen molar-refractivity contribution in [2.75, 3.05) is 0 Å². The fourth-order valence-electron chi connectivity index (χ4n) is 0.443.